The van der Waals surface area contributed by atoms with Crippen molar-refractivity contribution < 1.29 is 9.53 Å². The molecule has 2 rings (SSSR count). The summed E-state index contributed by atoms with van der Waals surface area (Å²) in [6.45, 7) is 4.02. The van der Waals surface area contributed by atoms with Crippen LogP contribution in [0, 0.1) is 0 Å². The summed E-state index contributed by atoms with van der Waals surface area (Å²) in [6.07, 6.45) is 2.49. The standard InChI is InChI=1S/C15H18N2O2/c1-4-10(2)17-15(18)12-8-11-6-5-7-13(19-3)14(11)16-9-12/h5-10H,4H2,1-3H3,(H,17,18). The predicted octanol–water partition coefficient (Wildman–Crippen LogP) is 2.77. The second-order valence-corrected chi connectivity index (χ2v) is 4.54. The van der Waals surface area contributed by atoms with Gasteiger partial charge < -0.3 is 10.1 Å². The molecular formula is C15H18N2O2. The Morgan fingerprint density at radius 1 is 1.47 bits per heavy atom. The van der Waals surface area contributed by atoms with E-state index < -0.39 is 0 Å². The van der Waals surface area contributed by atoms with Crippen LogP contribution in [-0.2, 0) is 0 Å². The van der Waals surface area contributed by atoms with Crippen LogP contribution in [0.2, 0.25) is 0 Å². The fourth-order valence-corrected chi connectivity index (χ4v) is 1.83. The highest BCUT2D eigenvalue weighted by atomic mass is 16.5. The quantitative estimate of drug-likeness (QED) is 0.917. The molecule has 1 N–H and O–H groups in total. The summed E-state index contributed by atoms with van der Waals surface area (Å²) >= 11 is 0. The highest BCUT2D eigenvalue weighted by Gasteiger charge is 2.11. The number of methoxy groups -OCH3 is 1. The minimum atomic E-state index is -0.0911. The fourth-order valence-electron chi connectivity index (χ4n) is 1.83. The fraction of sp³-hybridized carbons (Fsp3) is 0.333. The van der Waals surface area contributed by atoms with Gasteiger partial charge in [0.2, 0.25) is 0 Å². The Bertz CT molecular complexity index is 596. The normalized spacial score (nSPS) is 12.2. The first kappa shape index (κ1) is 13.3. The van der Waals surface area contributed by atoms with E-state index in [1.54, 1.807) is 13.3 Å². The Hall–Kier alpha value is -2.10. The number of rotatable bonds is 4. The molecule has 0 aliphatic heterocycles. The number of amides is 1. The van der Waals surface area contributed by atoms with Crippen molar-refractivity contribution in [2.45, 2.75) is 26.3 Å². The molecule has 2 aromatic rings. The van der Waals surface area contributed by atoms with Crippen molar-refractivity contribution in [3.8, 4) is 5.75 Å². The third-order valence-corrected chi connectivity index (χ3v) is 3.15. The third-order valence-electron chi connectivity index (χ3n) is 3.15. The molecule has 0 spiro atoms. The molecule has 0 aliphatic carbocycles. The van der Waals surface area contributed by atoms with Gasteiger partial charge in [-0.3, -0.25) is 9.78 Å². The van der Waals surface area contributed by atoms with Crippen LogP contribution in [0.1, 0.15) is 30.6 Å². The maximum atomic E-state index is 12.0. The molecule has 1 unspecified atom stereocenters. The van der Waals surface area contributed by atoms with Gasteiger partial charge in [-0.15, -0.1) is 0 Å². The van der Waals surface area contributed by atoms with Gasteiger partial charge in [0, 0.05) is 17.6 Å². The third kappa shape index (κ3) is 2.84. The van der Waals surface area contributed by atoms with Crippen LogP contribution in [0.15, 0.2) is 30.5 Å². The van der Waals surface area contributed by atoms with Gasteiger partial charge >= 0.3 is 0 Å². The van der Waals surface area contributed by atoms with Gasteiger partial charge in [0.1, 0.15) is 11.3 Å². The number of carbonyl (C=O) groups is 1. The van der Waals surface area contributed by atoms with E-state index in [2.05, 4.69) is 10.3 Å². The van der Waals surface area contributed by atoms with Crippen molar-refractivity contribution in [1.29, 1.82) is 0 Å². The van der Waals surface area contributed by atoms with Gasteiger partial charge in [0.05, 0.1) is 12.7 Å². The molecule has 0 saturated carbocycles. The van der Waals surface area contributed by atoms with Crippen LogP contribution in [0.25, 0.3) is 10.9 Å². The summed E-state index contributed by atoms with van der Waals surface area (Å²) in [5.41, 5.74) is 1.34. The van der Waals surface area contributed by atoms with Crippen LogP contribution < -0.4 is 10.1 Å². The summed E-state index contributed by atoms with van der Waals surface area (Å²) in [5, 5.41) is 3.83. The Morgan fingerprint density at radius 3 is 2.95 bits per heavy atom. The van der Waals surface area contributed by atoms with Crippen molar-refractivity contribution in [3.05, 3.63) is 36.0 Å². The van der Waals surface area contributed by atoms with Crippen LogP contribution in [0.4, 0.5) is 0 Å². The second kappa shape index (κ2) is 5.69. The minimum absolute atomic E-state index is 0.0911. The van der Waals surface area contributed by atoms with Crippen molar-refractivity contribution in [3.63, 3.8) is 0 Å². The summed E-state index contributed by atoms with van der Waals surface area (Å²) in [7, 11) is 1.61. The molecule has 1 aromatic carbocycles. The number of para-hydroxylation sites is 1. The molecule has 19 heavy (non-hydrogen) atoms. The van der Waals surface area contributed by atoms with Gasteiger partial charge in [0.15, 0.2) is 0 Å². The molecule has 1 amide bonds. The number of fused-ring (bicyclic) bond motifs is 1. The second-order valence-electron chi connectivity index (χ2n) is 4.54. The van der Waals surface area contributed by atoms with Gasteiger partial charge in [-0.05, 0) is 25.5 Å². The van der Waals surface area contributed by atoms with E-state index in [9.17, 15) is 4.79 Å². The van der Waals surface area contributed by atoms with E-state index >= 15 is 0 Å². The minimum Gasteiger partial charge on any atom is -0.494 e. The van der Waals surface area contributed by atoms with Crippen molar-refractivity contribution in [2.24, 2.45) is 0 Å². The molecule has 0 aliphatic rings. The molecule has 0 saturated heterocycles. The molecule has 4 nitrogen and oxygen atoms in total. The van der Waals surface area contributed by atoms with Crippen LogP contribution in [0.3, 0.4) is 0 Å². The first-order valence-corrected chi connectivity index (χ1v) is 6.39. The molecule has 0 bridgehead atoms. The zero-order chi connectivity index (χ0) is 13.8. The lowest BCUT2D eigenvalue weighted by molar-refractivity contribution is 0.0939. The zero-order valence-corrected chi connectivity index (χ0v) is 11.4. The number of hydrogen-bond acceptors (Lipinski definition) is 3. The number of nitrogens with zero attached hydrogens (tertiary/aromatic N) is 1. The predicted molar refractivity (Wildman–Crippen MR) is 75.5 cm³/mol. The summed E-state index contributed by atoms with van der Waals surface area (Å²) in [6, 6.07) is 7.66. The largest absolute Gasteiger partial charge is 0.494 e. The lowest BCUT2D eigenvalue weighted by Gasteiger charge is -2.11. The van der Waals surface area contributed by atoms with Gasteiger partial charge in [-0.2, -0.15) is 0 Å². The van der Waals surface area contributed by atoms with E-state index in [4.69, 9.17) is 4.74 Å². The maximum Gasteiger partial charge on any atom is 0.253 e. The number of hydrogen-bond donors (Lipinski definition) is 1. The molecule has 100 valence electrons. The average Bonchev–Trinajstić information content (AvgIpc) is 2.45. The molecule has 0 fully saturated rings. The lowest BCUT2D eigenvalue weighted by Crippen LogP contribution is -2.31. The van der Waals surface area contributed by atoms with E-state index in [1.807, 2.05) is 38.1 Å². The SMILES string of the molecule is CCC(C)NC(=O)c1cnc2c(OC)cccc2c1. The number of pyridine rings is 1. The van der Waals surface area contributed by atoms with E-state index in [1.165, 1.54) is 0 Å². The number of carbonyl (C=O) groups excluding carboxylic acids is 1. The zero-order valence-electron chi connectivity index (χ0n) is 11.4. The lowest BCUT2D eigenvalue weighted by atomic mass is 10.1. The van der Waals surface area contributed by atoms with E-state index in [0.717, 1.165) is 17.3 Å². The van der Waals surface area contributed by atoms with Gasteiger partial charge in [-0.25, -0.2) is 0 Å². The van der Waals surface area contributed by atoms with Crippen LogP contribution >= 0.6 is 0 Å². The Balaban J connectivity index is 2.34. The van der Waals surface area contributed by atoms with Gasteiger partial charge in [0.25, 0.3) is 5.91 Å². The van der Waals surface area contributed by atoms with Gasteiger partial charge in [-0.1, -0.05) is 19.1 Å². The summed E-state index contributed by atoms with van der Waals surface area (Å²) < 4.78 is 5.25. The Labute approximate surface area is 112 Å². The summed E-state index contributed by atoms with van der Waals surface area (Å²) in [5.74, 6) is 0.623. The first-order valence-electron chi connectivity index (χ1n) is 6.39. The Kier molecular flexibility index (Phi) is 4.00. The van der Waals surface area contributed by atoms with Crippen molar-refractivity contribution >= 4 is 16.8 Å². The molecular weight excluding hydrogens is 240 g/mol. The Morgan fingerprint density at radius 2 is 2.26 bits per heavy atom. The van der Waals surface area contributed by atoms with Crippen molar-refractivity contribution in [1.82, 2.24) is 10.3 Å². The van der Waals surface area contributed by atoms with E-state index in [0.29, 0.717) is 11.3 Å². The highest BCUT2D eigenvalue weighted by Crippen LogP contribution is 2.23. The summed E-state index contributed by atoms with van der Waals surface area (Å²) in [4.78, 5) is 16.4. The average molecular weight is 258 g/mol. The number of benzene rings is 1. The van der Waals surface area contributed by atoms with Crippen LogP contribution in [0.5, 0.6) is 5.75 Å². The molecule has 4 heteroatoms. The smallest absolute Gasteiger partial charge is 0.253 e. The monoisotopic (exact) mass is 258 g/mol. The molecule has 0 radical (unpaired) electrons. The van der Waals surface area contributed by atoms with Crippen LogP contribution in [-0.4, -0.2) is 24.0 Å². The first-order chi connectivity index (χ1) is 9.15. The molecule has 1 atom stereocenters. The van der Waals surface area contributed by atoms with Crippen molar-refractivity contribution in [2.75, 3.05) is 7.11 Å². The highest BCUT2D eigenvalue weighted by molar-refractivity contribution is 5.98. The molecule has 1 heterocycles. The number of nitrogens with one attached hydrogen (secondary N) is 1. The molecule has 1 aromatic heterocycles. The number of ether oxygens (including phenoxy) is 1. The number of aromatic nitrogens is 1. The van der Waals surface area contributed by atoms with E-state index in [-0.39, 0.29) is 11.9 Å². The topological polar surface area (TPSA) is 51.2 Å². The maximum absolute atomic E-state index is 12.0.